The van der Waals surface area contributed by atoms with Crippen molar-refractivity contribution in [2.24, 2.45) is 0 Å². The Labute approximate surface area is 98.9 Å². The zero-order valence-corrected chi connectivity index (χ0v) is 10.9. The van der Waals surface area contributed by atoms with Crippen molar-refractivity contribution in [1.29, 1.82) is 0 Å². The summed E-state index contributed by atoms with van der Waals surface area (Å²) in [4.78, 5) is 10.9. The van der Waals surface area contributed by atoms with E-state index in [1.54, 1.807) is 0 Å². The number of aromatic carboxylic acids is 1. The minimum Gasteiger partial charge on any atom is -0.544 e. The predicted molar refractivity (Wildman–Crippen MR) is 62.3 cm³/mol. The smallest absolute Gasteiger partial charge is 0.342 e. The minimum atomic E-state index is -1.99. The molecule has 1 rings (SSSR count). The van der Waals surface area contributed by atoms with Gasteiger partial charge in [0, 0.05) is 0 Å². The van der Waals surface area contributed by atoms with E-state index in [9.17, 15) is 9.18 Å². The van der Waals surface area contributed by atoms with Crippen molar-refractivity contribution < 1.29 is 18.7 Å². The van der Waals surface area contributed by atoms with Crippen LogP contribution in [0.2, 0.25) is 24.7 Å². The number of carbonyl (C=O) groups is 1. The van der Waals surface area contributed by atoms with Gasteiger partial charge in [0.15, 0.2) is 5.82 Å². The van der Waals surface area contributed by atoms with Crippen LogP contribution in [0.3, 0.4) is 0 Å². The first-order valence-electron chi connectivity index (χ1n) is 4.62. The maximum absolute atomic E-state index is 13.5. The van der Waals surface area contributed by atoms with Crippen molar-refractivity contribution in [3.8, 4) is 5.75 Å². The van der Waals surface area contributed by atoms with Crippen LogP contribution in [0.5, 0.6) is 5.75 Å². The summed E-state index contributed by atoms with van der Waals surface area (Å²) in [5, 5.41) is 8.68. The molecule has 0 heterocycles. The number of benzene rings is 1. The van der Waals surface area contributed by atoms with E-state index in [2.05, 4.69) is 0 Å². The molecule has 0 saturated carbocycles. The van der Waals surface area contributed by atoms with E-state index in [1.165, 1.54) is 12.1 Å². The highest BCUT2D eigenvalue weighted by atomic mass is 35.5. The first-order chi connectivity index (χ1) is 7.22. The summed E-state index contributed by atoms with van der Waals surface area (Å²) in [6.45, 7) is 5.64. The zero-order valence-electron chi connectivity index (χ0n) is 9.17. The van der Waals surface area contributed by atoms with Gasteiger partial charge >= 0.3 is 5.97 Å². The highest BCUT2D eigenvalue weighted by Crippen LogP contribution is 2.29. The SMILES string of the molecule is C[Si](C)(C)Oc1ccc(Cl)c(F)c1C(=O)O. The molecule has 6 heteroatoms. The number of hydrogen-bond acceptors (Lipinski definition) is 2. The van der Waals surface area contributed by atoms with Gasteiger partial charge in [-0.25, -0.2) is 9.18 Å². The number of carboxylic acid groups (broad SMARTS) is 1. The molecule has 3 nitrogen and oxygen atoms in total. The average molecular weight is 263 g/mol. The van der Waals surface area contributed by atoms with Gasteiger partial charge in [0.25, 0.3) is 0 Å². The van der Waals surface area contributed by atoms with Crippen LogP contribution in [0.25, 0.3) is 0 Å². The standard InChI is InChI=1S/C10H12ClFO3Si/c1-16(2,3)15-7-5-4-6(11)9(12)8(7)10(13)14/h4-5H,1-3H3,(H,13,14). The third kappa shape index (κ3) is 2.96. The van der Waals surface area contributed by atoms with Crippen molar-refractivity contribution in [3.63, 3.8) is 0 Å². The molecule has 1 aromatic rings. The van der Waals surface area contributed by atoms with Crippen LogP contribution >= 0.6 is 11.6 Å². The van der Waals surface area contributed by atoms with E-state index in [-0.39, 0.29) is 10.8 Å². The van der Waals surface area contributed by atoms with Gasteiger partial charge < -0.3 is 9.53 Å². The number of hydrogen-bond donors (Lipinski definition) is 1. The molecule has 0 radical (unpaired) electrons. The molecule has 88 valence electrons. The molecule has 1 N–H and O–H groups in total. The Kier molecular flexibility index (Phi) is 3.60. The van der Waals surface area contributed by atoms with Crippen molar-refractivity contribution >= 4 is 25.9 Å². The van der Waals surface area contributed by atoms with Crippen molar-refractivity contribution in [1.82, 2.24) is 0 Å². The Morgan fingerprint density at radius 3 is 2.44 bits per heavy atom. The number of rotatable bonds is 3. The van der Waals surface area contributed by atoms with E-state index >= 15 is 0 Å². The van der Waals surface area contributed by atoms with Gasteiger partial charge in [-0.15, -0.1) is 0 Å². The number of halogens is 2. The lowest BCUT2D eigenvalue weighted by Crippen LogP contribution is -2.30. The molecule has 0 atom stereocenters. The van der Waals surface area contributed by atoms with Crippen molar-refractivity contribution in [2.75, 3.05) is 0 Å². The fourth-order valence-electron chi connectivity index (χ4n) is 1.15. The first-order valence-corrected chi connectivity index (χ1v) is 8.41. The molecule has 0 aliphatic rings. The molecular formula is C10H12ClFO3Si. The van der Waals surface area contributed by atoms with E-state index in [0.29, 0.717) is 0 Å². The Hall–Kier alpha value is -1.07. The third-order valence-electron chi connectivity index (χ3n) is 1.69. The monoisotopic (exact) mass is 262 g/mol. The topological polar surface area (TPSA) is 46.5 Å². The third-order valence-corrected chi connectivity index (χ3v) is 2.81. The summed E-state index contributed by atoms with van der Waals surface area (Å²) in [6.07, 6.45) is 0. The highest BCUT2D eigenvalue weighted by molar-refractivity contribution is 6.70. The lowest BCUT2D eigenvalue weighted by molar-refractivity contribution is 0.0689. The van der Waals surface area contributed by atoms with Crippen molar-refractivity contribution in [3.05, 3.63) is 28.5 Å². The van der Waals surface area contributed by atoms with E-state index in [1.807, 2.05) is 19.6 Å². The summed E-state index contributed by atoms with van der Waals surface area (Å²) >= 11 is 5.52. The summed E-state index contributed by atoms with van der Waals surface area (Å²) in [5.74, 6) is -2.30. The maximum atomic E-state index is 13.5. The second kappa shape index (κ2) is 4.43. The van der Waals surface area contributed by atoms with Crippen LogP contribution in [0.15, 0.2) is 12.1 Å². The summed E-state index contributed by atoms with van der Waals surface area (Å²) in [7, 11) is -1.99. The minimum absolute atomic E-state index is 0.0357. The zero-order chi connectivity index (χ0) is 12.5. The van der Waals surface area contributed by atoms with Gasteiger partial charge in [-0.2, -0.15) is 0 Å². The fraction of sp³-hybridized carbons (Fsp3) is 0.300. The average Bonchev–Trinajstić information content (AvgIpc) is 2.08. The Bertz CT molecular complexity index is 429. The molecule has 0 spiro atoms. The molecule has 0 aliphatic heterocycles. The van der Waals surface area contributed by atoms with Crippen LogP contribution in [-0.2, 0) is 0 Å². The molecule has 0 aliphatic carbocycles. The van der Waals surface area contributed by atoms with Crippen molar-refractivity contribution in [2.45, 2.75) is 19.6 Å². The van der Waals surface area contributed by atoms with E-state index in [0.717, 1.165) is 0 Å². The van der Waals surface area contributed by atoms with Crippen LogP contribution in [0.1, 0.15) is 10.4 Å². The van der Waals surface area contributed by atoms with Gasteiger partial charge in [0.1, 0.15) is 11.3 Å². The van der Waals surface area contributed by atoms with E-state index < -0.39 is 25.7 Å². The van der Waals surface area contributed by atoms with Gasteiger partial charge in [-0.05, 0) is 31.8 Å². The van der Waals surface area contributed by atoms with Gasteiger partial charge in [-0.1, -0.05) is 11.6 Å². The molecule has 0 amide bonds. The summed E-state index contributed by atoms with van der Waals surface area (Å²) < 4.78 is 19.0. The Balaban J connectivity index is 3.29. The summed E-state index contributed by atoms with van der Waals surface area (Å²) in [5.41, 5.74) is -0.505. The molecule has 0 bridgehead atoms. The summed E-state index contributed by atoms with van der Waals surface area (Å²) in [6, 6.07) is 2.67. The Morgan fingerprint density at radius 1 is 1.44 bits per heavy atom. The van der Waals surface area contributed by atoms with Gasteiger partial charge in [0.05, 0.1) is 5.02 Å². The molecule has 16 heavy (non-hydrogen) atoms. The molecule has 0 unspecified atom stereocenters. The normalized spacial score (nSPS) is 11.3. The largest absolute Gasteiger partial charge is 0.544 e. The second-order valence-corrected chi connectivity index (χ2v) is 9.09. The maximum Gasteiger partial charge on any atom is 0.342 e. The molecule has 0 fully saturated rings. The van der Waals surface area contributed by atoms with Crippen LogP contribution in [0, 0.1) is 5.82 Å². The molecule has 0 saturated heterocycles. The quantitative estimate of drug-likeness (QED) is 0.850. The number of carboxylic acids is 1. The lowest BCUT2D eigenvalue weighted by Gasteiger charge is -2.20. The van der Waals surface area contributed by atoms with Gasteiger partial charge in [-0.3, -0.25) is 0 Å². The van der Waals surface area contributed by atoms with Crippen LogP contribution in [-0.4, -0.2) is 19.4 Å². The molecule has 0 aromatic heterocycles. The lowest BCUT2D eigenvalue weighted by atomic mass is 10.2. The van der Waals surface area contributed by atoms with Crippen LogP contribution in [0.4, 0.5) is 4.39 Å². The van der Waals surface area contributed by atoms with Crippen LogP contribution < -0.4 is 4.43 Å². The van der Waals surface area contributed by atoms with E-state index in [4.69, 9.17) is 21.1 Å². The molecule has 1 aromatic carbocycles. The second-order valence-electron chi connectivity index (χ2n) is 4.25. The van der Waals surface area contributed by atoms with Gasteiger partial charge in [0.2, 0.25) is 8.32 Å². The predicted octanol–water partition coefficient (Wildman–Crippen LogP) is 3.39. The highest BCUT2D eigenvalue weighted by Gasteiger charge is 2.24. The fourth-order valence-corrected chi connectivity index (χ4v) is 2.13. The Morgan fingerprint density at radius 2 is 2.00 bits per heavy atom. The molecular weight excluding hydrogens is 251 g/mol. The first kappa shape index (κ1) is 13.0.